The lowest BCUT2D eigenvalue weighted by atomic mass is 10.2. The molecule has 7 heteroatoms. The van der Waals surface area contributed by atoms with Crippen LogP contribution in [-0.2, 0) is 14.3 Å². The minimum absolute atomic E-state index is 0.257. The third-order valence-corrected chi connectivity index (χ3v) is 2.85. The lowest BCUT2D eigenvalue weighted by Crippen LogP contribution is -2.29. The Balaban J connectivity index is 2.52. The number of hydrogen-bond donors (Lipinski definition) is 2. The second kappa shape index (κ2) is 9.62. The van der Waals surface area contributed by atoms with Crippen LogP contribution in [0.1, 0.15) is 12.8 Å². The van der Waals surface area contributed by atoms with Crippen molar-refractivity contribution in [3.05, 3.63) is 18.2 Å². The van der Waals surface area contributed by atoms with E-state index in [1.54, 1.807) is 25.3 Å². The van der Waals surface area contributed by atoms with E-state index in [4.69, 9.17) is 14.2 Å². The minimum Gasteiger partial charge on any atom is -0.497 e. The van der Waals surface area contributed by atoms with Gasteiger partial charge < -0.3 is 24.8 Å². The zero-order chi connectivity index (χ0) is 16.4. The van der Waals surface area contributed by atoms with Crippen molar-refractivity contribution in [3.8, 4) is 11.5 Å². The van der Waals surface area contributed by atoms with Crippen molar-refractivity contribution in [3.63, 3.8) is 0 Å². The summed E-state index contributed by atoms with van der Waals surface area (Å²) < 4.78 is 15.1. The van der Waals surface area contributed by atoms with Crippen molar-refractivity contribution in [2.45, 2.75) is 12.8 Å². The summed E-state index contributed by atoms with van der Waals surface area (Å²) >= 11 is 0. The summed E-state index contributed by atoms with van der Waals surface area (Å²) in [5, 5.41) is 5.29. The third kappa shape index (κ3) is 6.01. The Morgan fingerprint density at radius 1 is 1.09 bits per heavy atom. The molecular formula is C15H22N2O5. The first-order chi connectivity index (χ1) is 10.6. The normalized spacial score (nSPS) is 9.95. The number of hydrogen-bond acceptors (Lipinski definition) is 5. The van der Waals surface area contributed by atoms with E-state index in [0.717, 1.165) is 0 Å². The molecule has 0 heterocycles. The summed E-state index contributed by atoms with van der Waals surface area (Å²) in [5.74, 6) is 0.320. The van der Waals surface area contributed by atoms with E-state index in [1.165, 1.54) is 14.2 Å². The van der Waals surface area contributed by atoms with Gasteiger partial charge in [-0.2, -0.15) is 0 Å². The van der Waals surface area contributed by atoms with E-state index in [0.29, 0.717) is 36.8 Å². The number of ether oxygens (including phenoxy) is 3. The topological polar surface area (TPSA) is 85.9 Å². The van der Waals surface area contributed by atoms with Gasteiger partial charge in [-0.3, -0.25) is 9.59 Å². The van der Waals surface area contributed by atoms with E-state index >= 15 is 0 Å². The Hall–Kier alpha value is -2.28. The first-order valence-corrected chi connectivity index (χ1v) is 6.88. The zero-order valence-electron chi connectivity index (χ0n) is 13.1. The molecular weight excluding hydrogens is 288 g/mol. The van der Waals surface area contributed by atoms with E-state index in [9.17, 15) is 9.59 Å². The van der Waals surface area contributed by atoms with Crippen LogP contribution in [0.5, 0.6) is 11.5 Å². The number of anilines is 1. The van der Waals surface area contributed by atoms with Crippen LogP contribution in [0, 0.1) is 0 Å². The van der Waals surface area contributed by atoms with Crippen molar-refractivity contribution >= 4 is 17.5 Å². The molecule has 0 aliphatic carbocycles. The van der Waals surface area contributed by atoms with Gasteiger partial charge in [-0.15, -0.1) is 0 Å². The van der Waals surface area contributed by atoms with Gasteiger partial charge in [-0.05, 0) is 18.6 Å². The molecule has 0 spiro atoms. The summed E-state index contributed by atoms with van der Waals surface area (Å²) in [7, 11) is 4.62. The first kappa shape index (κ1) is 17.8. The molecule has 1 aromatic carbocycles. The van der Waals surface area contributed by atoms with Gasteiger partial charge in [0, 0.05) is 26.3 Å². The average molecular weight is 310 g/mol. The van der Waals surface area contributed by atoms with Crippen LogP contribution < -0.4 is 20.1 Å². The highest BCUT2D eigenvalue weighted by molar-refractivity contribution is 6.04. The Morgan fingerprint density at radius 3 is 2.50 bits per heavy atom. The van der Waals surface area contributed by atoms with Crippen LogP contribution in [-0.4, -0.2) is 46.3 Å². The molecule has 0 unspecified atom stereocenters. The fraction of sp³-hybridized carbons (Fsp3) is 0.467. The Morgan fingerprint density at radius 2 is 1.86 bits per heavy atom. The lowest BCUT2D eigenvalue weighted by molar-refractivity contribution is -0.126. The minimum atomic E-state index is -0.421. The van der Waals surface area contributed by atoms with Crippen molar-refractivity contribution < 1.29 is 23.8 Å². The van der Waals surface area contributed by atoms with E-state index in [1.807, 2.05) is 0 Å². The lowest BCUT2D eigenvalue weighted by Gasteiger charge is -2.11. The highest BCUT2D eigenvalue weighted by Crippen LogP contribution is 2.28. The van der Waals surface area contributed by atoms with Gasteiger partial charge in [0.15, 0.2) is 0 Å². The van der Waals surface area contributed by atoms with Gasteiger partial charge in [0.2, 0.25) is 11.8 Å². The Labute approximate surface area is 129 Å². The zero-order valence-corrected chi connectivity index (χ0v) is 13.1. The monoisotopic (exact) mass is 310 g/mol. The SMILES string of the molecule is COCCCNC(=O)CC(=O)Nc1cc(OC)ccc1OC. The number of amides is 2. The fourth-order valence-electron chi connectivity index (χ4n) is 1.76. The highest BCUT2D eigenvalue weighted by atomic mass is 16.5. The number of carbonyl (C=O) groups excluding carboxylic acids is 2. The molecule has 122 valence electrons. The maximum atomic E-state index is 11.9. The highest BCUT2D eigenvalue weighted by Gasteiger charge is 2.12. The van der Waals surface area contributed by atoms with Crippen LogP contribution in [0.2, 0.25) is 0 Å². The standard InChI is InChI=1S/C15H22N2O5/c1-20-8-4-7-16-14(18)10-15(19)17-12-9-11(21-2)5-6-13(12)22-3/h5-6,9H,4,7-8,10H2,1-3H3,(H,16,18)(H,17,19). The smallest absolute Gasteiger partial charge is 0.233 e. The van der Waals surface area contributed by atoms with Crippen molar-refractivity contribution in [2.24, 2.45) is 0 Å². The Bertz CT molecular complexity index is 505. The van der Waals surface area contributed by atoms with Crippen LogP contribution >= 0.6 is 0 Å². The quantitative estimate of drug-likeness (QED) is 0.528. The van der Waals surface area contributed by atoms with Crippen LogP contribution in [0.15, 0.2) is 18.2 Å². The summed E-state index contributed by atoms with van der Waals surface area (Å²) in [6.45, 7) is 1.04. The maximum absolute atomic E-state index is 11.9. The molecule has 2 amide bonds. The summed E-state index contributed by atoms with van der Waals surface area (Å²) in [6, 6.07) is 5.03. The number of rotatable bonds is 9. The summed E-state index contributed by atoms with van der Waals surface area (Å²) in [6.07, 6.45) is 0.445. The van der Waals surface area contributed by atoms with E-state index in [-0.39, 0.29) is 12.3 Å². The molecule has 0 aromatic heterocycles. The van der Waals surface area contributed by atoms with Gasteiger partial charge in [-0.25, -0.2) is 0 Å². The maximum Gasteiger partial charge on any atom is 0.233 e. The second-order valence-electron chi connectivity index (χ2n) is 4.49. The molecule has 0 fully saturated rings. The molecule has 7 nitrogen and oxygen atoms in total. The molecule has 0 aliphatic heterocycles. The fourth-order valence-corrected chi connectivity index (χ4v) is 1.76. The molecule has 22 heavy (non-hydrogen) atoms. The number of nitrogens with one attached hydrogen (secondary N) is 2. The van der Waals surface area contributed by atoms with Crippen LogP contribution in [0.3, 0.4) is 0 Å². The van der Waals surface area contributed by atoms with Gasteiger partial charge in [0.05, 0.1) is 19.9 Å². The van der Waals surface area contributed by atoms with Gasteiger partial charge >= 0.3 is 0 Å². The van der Waals surface area contributed by atoms with E-state index < -0.39 is 5.91 Å². The largest absolute Gasteiger partial charge is 0.497 e. The first-order valence-electron chi connectivity index (χ1n) is 6.88. The number of benzene rings is 1. The molecule has 0 saturated heterocycles. The molecule has 0 aliphatic rings. The molecule has 0 saturated carbocycles. The van der Waals surface area contributed by atoms with Crippen molar-refractivity contribution in [1.82, 2.24) is 5.32 Å². The predicted molar refractivity (Wildman–Crippen MR) is 82.3 cm³/mol. The molecule has 0 atom stereocenters. The molecule has 1 aromatic rings. The van der Waals surface area contributed by atoms with Crippen LogP contribution in [0.25, 0.3) is 0 Å². The summed E-state index contributed by atoms with van der Waals surface area (Å²) in [5.41, 5.74) is 0.457. The van der Waals surface area contributed by atoms with Crippen molar-refractivity contribution in [1.29, 1.82) is 0 Å². The molecule has 0 radical (unpaired) electrons. The van der Waals surface area contributed by atoms with Gasteiger partial charge in [0.1, 0.15) is 17.9 Å². The van der Waals surface area contributed by atoms with E-state index in [2.05, 4.69) is 10.6 Å². The second-order valence-corrected chi connectivity index (χ2v) is 4.49. The number of methoxy groups -OCH3 is 3. The molecule has 2 N–H and O–H groups in total. The van der Waals surface area contributed by atoms with Gasteiger partial charge in [-0.1, -0.05) is 0 Å². The third-order valence-electron chi connectivity index (χ3n) is 2.85. The predicted octanol–water partition coefficient (Wildman–Crippen LogP) is 1.19. The van der Waals surface area contributed by atoms with Gasteiger partial charge in [0.25, 0.3) is 0 Å². The summed E-state index contributed by atoms with van der Waals surface area (Å²) in [4.78, 5) is 23.5. The Kier molecular flexibility index (Phi) is 7.77. The average Bonchev–Trinajstić information content (AvgIpc) is 2.51. The van der Waals surface area contributed by atoms with Crippen LogP contribution in [0.4, 0.5) is 5.69 Å². The van der Waals surface area contributed by atoms with Crippen molar-refractivity contribution in [2.75, 3.05) is 39.8 Å². The molecule has 1 rings (SSSR count). The number of carbonyl (C=O) groups is 2. The molecule has 0 bridgehead atoms.